The molecule has 0 aliphatic carbocycles. The van der Waals surface area contributed by atoms with Gasteiger partial charge in [-0.2, -0.15) is 0 Å². The van der Waals surface area contributed by atoms with Gasteiger partial charge in [0.05, 0.1) is 13.5 Å². The number of methoxy groups -OCH3 is 1. The van der Waals surface area contributed by atoms with E-state index in [4.69, 9.17) is 13.9 Å². The molecule has 1 aromatic heterocycles. The van der Waals surface area contributed by atoms with E-state index in [-0.39, 0.29) is 29.7 Å². The van der Waals surface area contributed by atoms with E-state index in [0.717, 1.165) is 11.1 Å². The predicted molar refractivity (Wildman–Crippen MR) is 102 cm³/mol. The minimum absolute atomic E-state index is 0.0937. The number of ether oxygens (including phenoxy) is 2. The zero-order chi connectivity index (χ0) is 19.1. The molecular formula is C22H20O5. The second-order valence-corrected chi connectivity index (χ2v) is 7.06. The molecule has 2 aromatic carbocycles. The van der Waals surface area contributed by atoms with Gasteiger partial charge in [0.15, 0.2) is 5.43 Å². The Bertz CT molecular complexity index is 1080. The summed E-state index contributed by atoms with van der Waals surface area (Å²) in [5.41, 5.74) is 1.81. The number of benzene rings is 2. The number of esters is 1. The van der Waals surface area contributed by atoms with E-state index < -0.39 is 0 Å². The highest BCUT2D eigenvalue weighted by Crippen LogP contribution is 2.46. The summed E-state index contributed by atoms with van der Waals surface area (Å²) in [6.45, 7) is 4.09. The van der Waals surface area contributed by atoms with Crippen LogP contribution < -0.4 is 14.9 Å². The average Bonchev–Trinajstić information content (AvgIpc) is 2.66. The molecule has 138 valence electrons. The van der Waals surface area contributed by atoms with Crippen molar-refractivity contribution in [1.82, 2.24) is 0 Å². The van der Waals surface area contributed by atoms with E-state index in [0.29, 0.717) is 28.2 Å². The quantitative estimate of drug-likeness (QED) is 0.505. The molecule has 0 saturated heterocycles. The fourth-order valence-electron chi connectivity index (χ4n) is 3.65. The predicted octanol–water partition coefficient (Wildman–Crippen LogP) is 4.52. The largest absolute Gasteiger partial charge is 0.496 e. The van der Waals surface area contributed by atoms with Crippen molar-refractivity contribution in [2.75, 3.05) is 7.11 Å². The van der Waals surface area contributed by atoms with Crippen molar-refractivity contribution in [2.24, 2.45) is 5.92 Å². The van der Waals surface area contributed by atoms with Gasteiger partial charge in [0.2, 0.25) is 0 Å². The first-order chi connectivity index (χ1) is 13.0. The van der Waals surface area contributed by atoms with Gasteiger partial charge in [-0.1, -0.05) is 44.2 Å². The Morgan fingerprint density at radius 3 is 2.52 bits per heavy atom. The van der Waals surface area contributed by atoms with Crippen LogP contribution >= 0.6 is 0 Å². The highest BCUT2D eigenvalue weighted by Gasteiger charge is 2.34. The monoisotopic (exact) mass is 364 g/mol. The number of fused-ring (bicyclic) bond motifs is 3. The van der Waals surface area contributed by atoms with Gasteiger partial charge in [0.25, 0.3) is 0 Å². The lowest BCUT2D eigenvalue weighted by Crippen LogP contribution is -2.24. The third kappa shape index (κ3) is 2.89. The van der Waals surface area contributed by atoms with Crippen LogP contribution in [-0.4, -0.2) is 13.1 Å². The van der Waals surface area contributed by atoms with Crippen molar-refractivity contribution in [3.05, 3.63) is 58.3 Å². The molecule has 27 heavy (non-hydrogen) atoms. The molecule has 0 fully saturated rings. The van der Waals surface area contributed by atoms with E-state index in [2.05, 4.69) is 0 Å². The van der Waals surface area contributed by atoms with Gasteiger partial charge >= 0.3 is 5.97 Å². The number of rotatable bonds is 3. The van der Waals surface area contributed by atoms with Crippen LogP contribution in [0.5, 0.6) is 11.5 Å². The molecule has 0 N–H and O–H groups in total. The van der Waals surface area contributed by atoms with Crippen LogP contribution in [-0.2, 0) is 4.79 Å². The van der Waals surface area contributed by atoms with E-state index in [1.807, 2.05) is 44.2 Å². The van der Waals surface area contributed by atoms with Crippen LogP contribution in [0, 0.1) is 5.92 Å². The van der Waals surface area contributed by atoms with Crippen LogP contribution in [0.1, 0.15) is 31.7 Å². The molecule has 0 unspecified atom stereocenters. The summed E-state index contributed by atoms with van der Waals surface area (Å²) in [4.78, 5) is 25.0. The smallest absolute Gasteiger partial charge is 0.311 e. The van der Waals surface area contributed by atoms with Crippen molar-refractivity contribution >= 4 is 16.9 Å². The van der Waals surface area contributed by atoms with Crippen molar-refractivity contribution in [2.45, 2.75) is 26.2 Å². The van der Waals surface area contributed by atoms with E-state index in [1.54, 1.807) is 6.07 Å². The van der Waals surface area contributed by atoms with Crippen LogP contribution in [0.4, 0.5) is 0 Å². The Morgan fingerprint density at radius 2 is 1.85 bits per heavy atom. The maximum atomic E-state index is 12.9. The Balaban J connectivity index is 2.09. The van der Waals surface area contributed by atoms with E-state index in [1.165, 1.54) is 13.2 Å². The number of hydrogen-bond donors (Lipinski definition) is 0. The zero-order valence-electron chi connectivity index (χ0n) is 15.4. The molecule has 3 aromatic rings. The number of carbonyl (C=O) groups excluding carboxylic acids is 1. The van der Waals surface area contributed by atoms with Crippen LogP contribution in [0.15, 0.2) is 51.7 Å². The van der Waals surface area contributed by atoms with Crippen LogP contribution in [0.3, 0.4) is 0 Å². The summed E-state index contributed by atoms with van der Waals surface area (Å²) >= 11 is 0. The highest BCUT2D eigenvalue weighted by molar-refractivity contribution is 5.92. The fraction of sp³-hybridized carbons (Fsp3) is 0.273. The first kappa shape index (κ1) is 17.3. The van der Waals surface area contributed by atoms with Gasteiger partial charge in [-0.3, -0.25) is 9.59 Å². The summed E-state index contributed by atoms with van der Waals surface area (Å²) in [6.07, 6.45) is 0.255. The Labute approximate surface area is 156 Å². The first-order valence-electron chi connectivity index (χ1n) is 8.94. The molecule has 5 nitrogen and oxygen atoms in total. The zero-order valence-corrected chi connectivity index (χ0v) is 15.4. The Hall–Kier alpha value is -3.08. The van der Waals surface area contributed by atoms with E-state index >= 15 is 0 Å². The third-order valence-corrected chi connectivity index (χ3v) is 5.03. The second kappa shape index (κ2) is 6.58. The molecular weight excluding hydrogens is 344 g/mol. The topological polar surface area (TPSA) is 65.7 Å². The van der Waals surface area contributed by atoms with Crippen molar-refractivity contribution < 1.29 is 18.7 Å². The Morgan fingerprint density at radius 1 is 1.11 bits per heavy atom. The summed E-state index contributed by atoms with van der Waals surface area (Å²) < 4.78 is 17.1. The van der Waals surface area contributed by atoms with Gasteiger partial charge in [-0.05, 0) is 5.92 Å². The third-order valence-electron chi connectivity index (χ3n) is 5.03. The second-order valence-electron chi connectivity index (χ2n) is 7.06. The molecule has 2 heterocycles. The molecule has 0 saturated carbocycles. The molecule has 0 radical (unpaired) electrons. The summed E-state index contributed by atoms with van der Waals surface area (Å²) in [7, 11) is 1.48. The highest BCUT2D eigenvalue weighted by atomic mass is 16.5. The van der Waals surface area contributed by atoms with Crippen LogP contribution in [0.2, 0.25) is 0 Å². The lowest BCUT2D eigenvalue weighted by molar-refractivity contribution is -0.136. The summed E-state index contributed by atoms with van der Waals surface area (Å²) in [5.74, 6) is 1.02. The molecule has 4 rings (SSSR count). The number of carbonyl (C=O) groups is 1. The van der Waals surface area contributed by atoms with Gasteiger partial charge in [-0.15, -0.1) is 0 Å². The van der Waals surface area contributed by atoms with Crippen molar-refractivity contribution in [3.8, 4) is 22.8 Å². The summed E-state index contributed by atoms with van der Waals surface area (Å²) in [6, 6.07) is 12.5. The fourth-order valence-corrected chi connectivity index (χ4v) is 3.65. The first-order valence-corrected chi connectivity index (χ1v) is 8.94. The number of hydrogen-bond acceptors (Lipinski definition) is 5. The molecule has 0 spiro atoms. The summed E-state index contributed by atoms with van der Waals surface area (Å²) in [5, 5.41) is 0.375. The lowest BCUT2D eigenvalue weighted by Gasteiger charge is -2.28. The lowest BCUT2D eigenvalue weighted by atomic mass is 9.82. The molecule has 1 atom stereocenters. The molecule has 0 amide bonds. The standard InChI is InChI=1S/C22H20O5/c1-12(2)14-9-19(24)26-18-11-17(25-3)21-15(23)10-16(27-22(21)20(14)18)13-7-5-4-6-8-13/h4-8,10-12,14H,9H2,1-3H3/t14-/m1/s1. The van der Waals surface area contributed by atoms with Gasteiger partial charge in [0, 0.05) is 29.2 Å². The van der Waals surface area contributed by atoms with Gasteiger partial charge in [-0.25, -0.2) is 0 Å². The molecule has 1 aliphatic rings. The maximum Gasteiger partial charge on any atom is 0.311 e. The molecule has 5 heteroatoms. The molecule has 1 aliphatic heterocycles. The molecule has 0 bridgehead atoms. The normalized spacial score (nSPS) is 16.3. The van der Waals surface area contributed by atoms with Crippen molar-refractivity contribution in [3.63, 3.8) is 0 Å². The maximum absolute atomic E-state index is 12.9. The SMILES string of the molecule is COc1cc2c(c3oc(-c4ccccc4)cc(=O)c13)[C@@H](C(C)C)CC(=O)O2. The van der Waals surface area contributed by atoms with Crippen molar-refractivity contribution in [1.29, 1.82) is 0 Å². The average molecular weight is 364 g/mol. The van der Waals surface area contributed by atoms with E-state index in [9.17, 15) is 9.59 Å². The minimum Gasteiger partial charge on any atom is -0.496 e. The van der Waals surface area contributed by atoms with Crippen LogP contribution in [0.25, 0.3) is 22.3 Å². The van der Waals surface area contributed by atoms with Gasteiger partial charge < -0.3 is 13.9 Å². The van der Waals surface area contributed by atoms with Gasteiger partial charge in [0.1, 0.15) is 28.2 Å². The Kier molecular flexibility index (Phi) is 4.22. The minimum atomic E-state index is -0.288.